The first-order valence-corrected chi connectivity index (χ1v) is 11.4. The minimum absolute atomic E-state index is 0.139. The summed E-state index contributed by atoms with van der Waals surface area (Å²) >= 11 is 3.38. The summed E-state index contributed by atoms with van der Waals surface area (Å²) in [4.78, 5) is 26.2. The predicted octanol–water partition coefficient (Wildman–Crippen LogP) is 6.53. The molecule has 0 amide bonds. The Morgan fingerprint density at radius 1 is 0.733 bits per heavy atom. The van der Waals surface area contributed by atoms with Crippen LogP contribution in [0, 0.1) is 0 Å². The van der Waals surface area contributed by atoms with Crippen LogP contribution in [0.2, 0.25) is 0 Å². The van der Waals surface area contributed by atoms with Crippen molar-refractivity contribution in [3.63, 3.8) is 0 Å². The highest BCUT2D eigenvalue weighted by atomic mass is 32.2. The first-order chi connectivity index (χ1) is 14.7. The molecule has 30 heavy (non-hydrogen) atoms. The Balaban J connectivity index is 0.000000128. The maximum Gasteiger partial charge on any atom is 0.195 e. The highest BCUT2D eigenvalue weighted by Gasteiger charge is 2.23. The van der Waals surface area contributed by atoms with Crippen molar-refractivity contribution in [2.45, 2.75) is 17.7 Å². The van der Waals surface area contributed by atoms with E-state index in [0.717, 1.165) is 37.1 Å². The van der Waals surface area contributed by atoms with Gasteiger partial charge in [0.25, 0.3) is 0 Å². The van der Waals surface area contributed by atoms with Crippen molar-refractivity contribution in [1.29, 1.82) is 0 Å². The molecule has 2 nitrogen and oxygen atoms in total. The van der Waals surface area contributed by atoms with Gasteiger partial charge in [-0.05, 0) is 35.9 Å². The molecule has 0 bridgehead atoms. The number of rotatable bonds is 0. The van der Waals surface area contributed by atoms with Gasteiger partial charge in [0.05, 0.1) is 0 Å². The number of benzene rings is 3. The third-order valence-electron chi connectivity index (χ3n) is 5.25. The number of Topliss-reactive ketones (excluding diaryl/α,β-unsaturated/α-hetero) is 1. The summed E-state index contributed by atoms with van der Waals surface area (Å²) in [6, 6.07) is 23.8. The summed E-state index contributed by atoms with van der Waals surface area (Å²) < 4.78 is 2.11. The molecule has 1 aromatic heterocycles. The molecule has 2 aliphatic rings. The van der Waals surface area contributed by atoms with Crippen molar-refractivity contribution >= 4 is 49.1 Å². The fourth-order valence-corrected chi connectivity index (χ4v) is 5.92. The van der Waals surface area contributed by atoms with Crippen molar-refractivity contribution in [1.82, 2.24) is 0 Å². The minimum Gasteiger partial charge on any atom is -0.294 e. The Morgan fingerprint density at radius 3 is 2.10 bits per heavy atom. The van der Waals surface area contributed by atoms with Gasteiger partial charge in [-0.1, -0.05) is 66.4 Å². The molecule has 0 N–H and O–H groups in total. The summed E-state index contributed by atoms with van der Waals surface area (Å²) in [5, 5.41) is 1.64. The average molecular weight is 427 g/mol. The summed E-state index contributed by atoms with van der Waals surface area (Å²) in [6.07, 6.45) is 5.42. The lowest BCUT2D eigenvalue weighted by Crippen LogP contribution is -2.12. The molecule has 0 spiro atoms. The number of carbonyl (C=O) groups excluding carboxylic acids is 1. The Morgan fingerprint density at radius 2 is 1.37 bits per heavy atom. The van der Waals surface area contributed by atoms with E-state index < -0.39 is 0 Å². The molecule has 2 heterocycles. The zero-order valence-electron chi connectivity index (χ0n) is 16.1. The van der Waals surface area contributed by atoms with Crippen LogP contribution in [0.15, 0.2) is 105 Å². The molecule has 6 rings (SSSR count). The Kier molecular flexibility index (Phi) is 5.11. The Bertz CT molecular complexity index is 1350. The summed E-state index contributed by atoms with van der Waals surface area (Å²) in [6.45, 7) is 0. The molecule has 0 fully saturated rings. The van der Waals surface area contributed by atoms with Gasteiger partial charge in [0.15, 0.2) is 11.2 Å². The molecule has 4 aromatic rings. The van der Waals surface area contributed by atoms with Crippen LogP contribution in [0.4, 0.5) is 0 Å². The molecule has 3 aromatic carbocycles. The Hall–Kier alpha value is -2.95. The van der Waals surface area contributed by atoms with Gasteiger partial charge in [-0.25, -0.2) is 0 Å². The number of hydrogen-bond acceptors (Lipinski definition) is 4. The number of carbonyl (C=O) groups is 1. The summed E-state index contributed by atoms with van der Waals surface area (Å²) in [5.41, 5.74) is 2.42. The van der Waals surface area contributed by atoms with E-state index in [1.807, 2.05) is 66.7 Å². The first-order valence-electron chi connectivity index (χ1n) is 9.80. The van der Waals surface area contributed by atoms with Gasteiger partial charge in [0.2, 0.25) is 0 Å². The monoisotopic (exact) mass is 426 g/mol. The van der Waals surface area contributed by atoms with Gasteiger partial charge in [-0.15, -0.1) is 11.3 Å². The van der Waals surface area contributed by atoms with Crippen LogP contribution in [0.5, 0.6) is 0 Å². The molecule has 0 radical (unpaired) electrons. The van der Waals surface area contributed by atoms with Crippen LogP contribution in [-0.4, -0.2) is 5.78 Å². The topological polar surface area (TPSA) is 34.1 Å². The van der Waals surface area contributed by atoms with Gasteiger partial charge in [-0.2, -0.15) is 0 Å². The highest BCUT2D eigenvalue weighted by molar-refractivity contribution is 8.03. The molecule has 1 aliphatic heterocycles. The molecule has 1 aliphatic carbocycles. The van der Waals surface area contributed by atoms with Crippen LogP contribution in [0.1, 0.15) is 12.0 Å². The molecule has 0 saturated carbocycles. The van der Waals surface area contributed by atoms with E-state index in [-0.39, 0.29) is 11.2 Å². The largest absolute Gasteiger partial charge is 0.294 e. The van der Waals surface area contributed by atoms with E-state index >= 15 is 0 Å². The number of fused-ring (bicyclic) bond motifs is 3. The highest BCUT2D eigenvalue weighted by Crippen LogP contribution is 2.40. The number of ketones is 1. The average Bonchev–Trinajstić information content (AvgIpc) is 2.79. The molecule has 0 unspecified atom stereocenters. The smallest absolute Gasteiger partial charge is 0.195 e. The maximum absolute atomic E-state index is 12.1. The van der Waals surface area contributed by atoms with E-state index in [0.29, 0.717) is 6.42 Å². The van der Waals surface area contributed by atoms with Crippen LogP contribution in [0.25, 0.3) is 20.2 Å². The van der Waals surface area contributed by atoms with Crippen LogP contribution < -0.4 is 5.43 Å². The van der Waals surface area contributed by atoms with Crippen molar-refractivity contribution < 1.29 is 4.79 Å². The lowest BCUT2D eigenvalue weighted by molar-refractivity contribution is -0.115. The summed E-state index contributed by atoms with van der Waals surface area (Å²) in [7, 11) is 0. The van der Waals surface area contributed by atoms with E-state index in [1.54, 1.807) is 23.1 Å². The first kappa shape index (κ1) is 19.0. The quantitative estimate of drug-likeness (QED) is 0.300. The molecule has 4 heteroatoms. The predicted molar refractivity (Wildman–Crippen MR) is 127 cm³/mol. The molecule has 0 atom stereocenters. The third-order valence-corrected chi connectivity index (χ3v) is 7.62. The minimum atomic E-state index is 0.139. The lowest BCUT2D eigenvalue weighted by Gasteiger charge is -2.21. The number of thioether (sulfide) groups is 1. The third kappa shape index (κ3) is 3.53. The van der Waals surface area contributed by atoms with Crippen molar-refractivity contribution in [3.8, 4) is 0 Å². The SMILES string of the molecule is O=C1CC=CC2=C1Cc1ccccc1S2.O=c1c2ccccc2sc2ccccc12. The fourth-order valence-electron chi connectivity index (χ4n) is 3.72. The van der Waals surface area contributed by atoms with Crippen molar-refractivity contribution in [2.24, 2.45) is 0 Å². The van der Waals surface area contributed by atoms with Crippen molar-refractivity contribution in [3.05, 3.63) is 111 Å². The second kappa shape index (κ2) is 8.05. The van der Waals surface area contributed by atoms with E-state index in [2.05, 4.69) is 18.2 Å². The van der Waals surface area contributed by atoms with Crippen LogP contribution in [0.3, 0.4) is 0 Å². The van der Waals surface area contributed by atoms with Gasteiger partial charge in [-0.3, -0.25) is 9.59 Å². The van der Waals surface area contributed by atoms with Gasteiger partial charge in [0.1, 0.15) is 0 Å². The van der Waals surface area contributed by atoms with Crippen LogP contribution in [-0.2, 0) is 11.2 Å². The summed E-state index contributed by atoms with van der Waals surface area (Å²) in [5.74, 6) is 0.287. The Labute approximate surface area is 182 Å². The van der Waals surface area contributed by atoms with Gasteiger partial charge in [0, 0.05) is 48.4 Å². The fraction of sp³-hybridized carbons (Fsp3) is 0.0769. The zero-order chi connectivity index (χ0) is 20.5. The standard InChI is InChI=1S/C13H8OS.C13H10OS/c14-13-9-5-1-3-7-11(9)15-12-8-4-2-6-10(12)13;14-11-5-3-7-13-10(11)8-9-4-1-2-6-12(9)15-13/h1-8H;1-4,6-7H,5,8H2. The van der Waals surface area contributed by atoms with Crippen LogP contribution >= 0.6 is 23.1 Å². The van der Waals surface area contributed by atoms with Gasteiger partial charge >= 0.3 is 0 Å². The lowest BCUT2D eigenvalue weighted by atomic mass is 9.96. The maximum atomic E-state index is 12.1. The molecular formula is C26H18O2S2. The van der Waals surface area contributed by atoms with E-state index in [9.17, 15) is 9.59 Å². The van der Waals surface area contributed by atoms with E-state index in [1.165, 1.54) is 10.5 Å². The molecular weight excluding hydrogens is 408 g/mol. The molecule has 146 valence electrons. The number of allylic oxidation sites excluding steroid dienone is 3. The van der Waals surface area contributed by atoms with Crippen molar-refractivity contribution in [2.75, 3.05) is 0 Å². The normalized spacial score (nSPS) is 14.9. The van der Waals surface area contributed by atoms with E-state index in [4.69, 9.17) is 0 Å². The van der Waals surface area contributed by atoms with Gasteiger partial charge < -0.3 is 0 Å². The second-order valence-corrected chi connectivity index (χ2v) is 9.35. The molecule has 0 saturated heterocycles. The second-order valence-electron chi connectivity index (χ2n) is 7.18. The number of hydrogen-bond donors (Lipinski definition) is 0. The zero-order valence-corrected chi connectivity index (χ0v) is 17.8.